The third-order valence-corrected chi connectivity index (χ3v) is 7.71. The van der Waals surface area contributed by atoms with Crippen LogP contribution in [0, 0.1) is 11.8 Å². The minimum Gasteiger partial charge on any atom is -0.349 e. The lowest BCUT2D eigenvalue weighted by molar-refractivity contribution is -0.125. The van der Waals surface area contributed by atoms with Crippen molar-refractivity contribution in [2.45, 2.75) is 64.3 Å². The van der Waals surface area contributed by atoms with Crippen LogP contribution < -0.4 is 5.32 Å². The van der Waals surface area contributed by atoms with Gasteiger partial charge in [-0.25, -0.2) is 8.42 Å². The molecule has 1 aromatic rings. The quantitative estimate of drug-likeness (QED) is 0.844. The van der Waals surface area contributed by atoms with Crippen LogP contribution in [0.1, 0.15) is 75.5 Å². The summed E-state index contributed by atoms with van der Waals surface area (Å²) in [6.45, 7) is 4.18. The Labute approximate surface area is 157 Å². The average molecular weight is 378 g/mol. The van der Waals surface area contributed by atoms with E-state index in [-0.39, 0.29) is 29.4 Å². The van der Waals surface area contributed by atoms with Crippen molar-refractivity contribution in [2.24, 2.45) is 11.8 Å². The van der Waals surface area contributed by atoms with Gasteiger partial charge in [-0.05, 0) is 42.2 Å². The van der Waals surface area contributed by atoms with Crippen molar-refractivity contribution in [1.29, 1.82) is 0 Å². The Morgan fingerprint density at radius 3 is 2.23 bits per heavy atom. The molecule has 1 saturated heterocycles. The summed E-state index contributed by atoms with van der Waals surface area (Å²) in [7, 11) is -3.04. The Balaban J connectivity index is 1.68. The molecule has 0 spiro atoms. The van der Waals surface area contributed by atoms with E-state index in [1.165, 1.54) is 37.7 Å². The first kappa shape index (κ1) is 19.4. The largest absolute Gasteiger partial charge is 0.349 e. The molecule has 26 heavy (non-hydrogen) atoms. The lowest BCUT2D eigenvalue weighted by atomic mass is 9.83. The number of nitrogens with one attached hydrogen (secondary N) is 1. The van der Waals surface area contributed by atoms with Crippen molar-refractivity contribution >= 4 is 15.7 Å². The number of hydrogen-bond donors (Lipinski definition) is 1. The Kier molecular flexibility index (Phi) is 6.06. The molecule has 0 unspecified atom stereocenters. The maximum Gasteiger partial charge on any atom is 0.224 e. The zero-order chi connectivity index (χ0) is 18.7. The monoisotopic (exact) mass is 377 g/mol. The standard InChI is InChI=1S/C21H31NO3S/c1-15(2)20(22-21(23)19-12-13-26(24,25)14-19)18-10-8-17(9-11-18)16-6-4-3-5-7-16/h8-11,15-16,19-20H,3-7,12-14H2,1-2H3,(H,22,23)/t19-,20-/m0/s1. The highest BCUT2D eigenvalue weighted by Crippen LogP contribution is 2.33. The van der Waals surface area contributed by atoms with E-state index in [4.69, 9.17) is 0 Å². The first-order valence-electron chi connectivity index (χ1n) is 9.96. The van der Waals surface area contributed by atoms with E-state index < -0.39 is 15.8 Å². The van der Waals surface area contributed by atoms with Crippen LogP contribution in [0.3, 0.4) is 0 Å². The van der Waals surface area contributed by atoms with E-state index in [9.17, 15) is 13.2 Å². The number of benzene rings is 1. The first-order chi connectivity index (χ1) is 12.4. The zero-order valence-electron chi connectivity index (χ0n) is 15.9. The fourth-order valence-electron chi connectivity index (χ4n) is 4.32. The maximum absolute atomic E-state index is 12.6. The number of amides is 1. The average Bonchev–Trinajstić information content (AvgIpc) is 3.00. The van der Waals surface area contributed by atoms with E-state index in [2.05, 4.69) is 43.4 Å². The van der Waals surface area contributed by atoms with Gasteiger partial charge in [-0.1, -0.05) is 57.4 Å². The molecule has 0 radical (unpaired) electrons. The van der Waals surface area contributed by atoms with Crippen LogP contribution in [0.15, 0.2) is 24.3 Å². The van der Waals surface area contributed by atoms with Gasteiger partial charge in [-0.2, -0.15) is 0 Å². The molecule has 2 aliphatic rings. The van der Waals surface area contributed by atoms with Gasteiger partial charge in [0.15, 0.2) is 9.84 Å². The molecule has 1 saturated carbocycles. The minimum absolute atomic E-state index is 0.00966. The highest BCUT2D eigenvalue weighted by molar-refractivity contribution is 7.91. The van der Waals surface area contributed by atoms with Gasteiger partial charge < -0.3 is 5.32 Å². The summed E-state index contributed by atoms with van der Waals surface area (Å²) in [6, 6.07) is 8.63. The van der Waals surface area contributed by atoms with Gasteiger partial charge in [0.25, 0.3) is 0 Å². The van der Waals surface area contributed by atoms with Crippen LogP contribution in [0.25, 0.3) is 0 Å². The van der Waals surface area contributed by atoms with Crippen LogP contribution in [-0.4, -0.2) is 25.8 Å². The van der Waals surface area contributed by atoms with Crippen molar-refractivity contribution in [2.75, 3.05) is 11.5 Å². The molecule has 1 aromatic carbocycles. The Morgan fingerprint density at radius 2 is 1.69 bits per heavy atom. The van der Waals surface area contributed by atoms with E-state index in [1.807, 2.05) is 0 Å². The highest BCUT2D eigenvalue weighted by Gasteiger charge is 2.34. The van der Waals surface area contributed by atoms with Crippen LogP contribution in [-0.2, 0) is 14.6 Å². The van der Waals surface area contributed by atoms with E-state index in [0.29, 0.717) is 12.3 Å². The molecule has 5 heteroatoms. The summed E-state index contributed by atoms with van der Waals surface area (Å²) in [5.41, 5.74) is 2.51. The number of carbonyl (C=O) groups excluding carboxylic acids is 1. The molecule has 2 fully saturated rings. The number of rotatable bonds is 5. The lowest BCUT2D eigenvalue weighted by Crippen LogP contribution is -2.36. The van der Waals surface area contributed by atoms with Crippen LogP contribution in [0.5, 0.6) is 0 Å². The van der Waals surface area contributed by atoms with Crippen molar-refractivity contribution in [3.8, 4) is 0 Å². The van der Waals surface area contributed by atoms with Crippen molar-refractivity contribution in [3.63, 3.8) is 0 Å². The first-order valence-corrected chi connectivity index (χ1v) is 11.8. The van der Waals surface area contributed by atoms with Crippen molar-refractivity contribution < 1.29 is 13.2 Å². The van der Waals surface area contributed by atoms with E-state index in [0.717, 1.165) is 5.56 Å². The molecular weight excluding hydrogens is 346 g/mol. The minimum atomic E-state index is -3.04. The number of carbonyl (C=O) groups is 1. The van der Waals surface area contributed by atoms with Gasteiger partial charge in [0.1, 0.15) is 0 Å². The number of hydrogen-bond acceptors (Lipinski definition) is 3. The molecular formula is C21H31NO3S. The molecule has 1 aliphatic heterocycles. The predicted octanol–water partition coefficient (Wildman–Crippen LogP) is 3.98. The summed E-state index contributed by atoms with van der Waals surface area (Å²) in [5.74, 6) is 0.521. The van der Waals surface area contributed by atoms with Gasteiger partial charge in [-0.15, -0.1) is 0 Å². The Bertz CT molecular complexity index is 718. The lowest BCUT2D eigenvalue weighted by Gasteiger charge is -2.26. The fraction of sp³-hybridized carbons (Fsp3) is 0.667. The van der Waals surface area contributed by atoms with Crippen molar-refractivity contribution in [3.05, 3.63) is 35.4 Å². The highest BCUT2D eigenvalue weighted by atomic mass is 32.2. The van der Waals surface area contributed by atoms with Crippen LogP contribution >= 0.6 is 0 Å². The summed E-state index contributed by atoms with van der Waals surface area (Å²) >= 11 is 0. The van der Waals surface area contributed by atoms with Gasteiger partial charge in [0.05, 0.1) is 23.5 Å². The molecule has 1 amide bonds. The molecule has 144 valence electrons. The summed E-state index contributed by atoms with van der Waals surface area (Å²) in [6.07, 6.45) is 7.00. The van der Waals surface area contributed by atoms with Gasteiger partial charge in [0.2, 0.25) is 5.91 Å². The third kappa shape index (κ3) is 4.67. The second kappa shape index (κ2) is 8.12. The topological polar surface area (TPSA) is 63.2 Å². The Morgan fingerprint density at radius 1 is 1.04 bits per heavy atom. The third-order valence-electron chi connectivity index (χ3n) is 5.94. The van der Waals surface area contributed by atoms with Crippen molar-refractivity contribution in [1.82, 2.24) is 5.32 Å². The second-order valence-electron chi connectivity index (χ2n) is 8.33. The van der Waals surface area contributed by atoms with E-state index in [1.54, 1.807) is 0 Å². The maximum atomic E-state index is 12.6. The zero-order valence-corrected chi connectivity index (χ0v) is 16.7. The van der Waals surface area contributed by atoms with E-state index >= 15 is 0 Å². The Hall–Kier alpha value is -1.36. The summed E-state index contributed by atoms with van der Waals surface area (Å²) < 4.78 is 23.3. The van der Waals surface area contributed by atoms with Crippen LogP contribution in [0.2, 0.25) is 0 Å². The molecule has 0 aromatic heterocycles. The summed E-state index contributed by atoms with van der Waals surface area (Å²) in [4.78, 5) is 12.6. The second-order valence-corrected chi connectivity index (χ2v) is 10.6. The van der Waals surface area contributed by atoms with Gasteiger partial charge >= 0.3 is 0 Å². The predicted molar refractivity (Wildman–Crippen MR) is 105 cm³/mol. The van der Waals surface area contributed by atoms with Crippen LogP contribution in [0.4, 0.5) is 0 Å². The van der Waals surface area contributed by atoms with Gasteiger partial charge in [0, 0.05) is 0 Å². The molecule has 2 atom stereocenters. The SMILES string of the molecule is CC(C)[C@H](NC(=O)[C@H]1CCS(=O)(=O)C1)c1ccc(C2CCCCC2)cc1. The molecule has 0 bridgehead atoms. The molecule has 1 heterocycles. The van der Waals surface area contributed by atoms with Gasteiger partial charge in [-0.3, -0.25) is 4.79 Å². The fourth-order valence-corrected chi connectivity index (χ4v) is 6.06. The molecule has 1 aliphatic carbocycles. The normalized spacial score (nSPS) is 24.5. The molecule has 4 nitrogen and oxygen atoms in total. The smallest absolute Gasteiger partial charge is 0.224 e. The number of sulfone groups is 1. The summed E-state index contributed by atoms with van der Waals surface area (Å²) in [5, 5.41) is 3.11. The molecule has 3 rings (SSSR count). The molecule has 1 N–H and O–H groups in total.